The predicted molar refractivity (Wildman–Crippen MR) is 55.0 cm³/mol. The zero-order valence-corrected chi connectivity index (χ0v) is 12.4. The number of rotatable bonds is 0. The second-order valence-corrected chi connectivity index (χ2v) is 3.00. The van der Waals surface area contributed by atoms with Crippen molar-refractivity contribution in [3.8, 4) is 0 Å². The summed E-state index contributed by atoms with van der Waals surface area (Å²) in [6.45, 7) is 12.5. The first-order valence-corrected chi connectivity index (χ1v) is 3.00. The van der Waals surface area contributed by atoms with Crippen molar-refractivity contribution in [3.63, 3.8) is 0 Å². The first-order valence-electron chi connectivity index (χ1n) is 3.00. The second-order valence-electron chi connectivity index (χ2n) is 3.00. The van der Waals surface area contributed by atoms with Gasteiger partial charge in [-0.3, -0.25) is 0 Å². The van der Waals surface area contributed by atoms with E-state index in [-0.39, 0.29) is 51.0 Å². The Balaban J connectivity index is -0.0000000171. The Morgan fingerprint density at radius 1 is 0.545 bits per heavy atom. The summed E-state index contributed by atoms with van der Waals surface area (Å²) in [4.78, 5) is 0. The van der Waals surface area contributed by atoms with Crippen molar-refractivity contribution in [3.05, 3.63) is 11.8 Å². The van der Waals surface area contributed by atoms with Gasteiger partial charge in [0, 0.05) is 0 Å². The van der Waals surface area contributed by atoms with Crippen molar-refractivity contribution < 1.29 is 26.2 Å². The van der Waals surface area contributed by atoms with Crippen LogP contribution in [0.5, 0.6) is 0 Å². The van der Waals surface area contributed by atoms with Crippen LogP contribution in [0.1, 0.15) is 41.5 Å². The van der Waals surface area contributed by atoms with Gasteiger partial charge in [0.25, 0.3) is 0 Å². The molecule has 0 aliphatic rings. The van der Waals surface area contributed by atoms with E-state index >= 15 is 0 Å². The van der Waals surface area contributed by atoms with Crippen molar-refractivity contribution in [2.45, 2.75) is 41.5 Å². The van der Waals surface area contributed by atoms with Crippen molar-refractivity contribution >= 4 is 24.8 Å². The summed E-state index contributed by atoms with van der Waals surface area (Å²) < 4.78 is 0. The summed E-state index contributed by atoms with van der Waals surface area (Å²) in [5.74, 6) is 2.83. The molecule has 3 heteroatoms. The average molecular weight is 278 g/mol. The van der Waals surface area contributed by atoms with Crippen LogP contribution in [0, 0.1) is 11.8 Å². The Bertz CT molecular complexity index is 27.6. The molecular weight excluding hydrogens is 258 g/mol. The summed E-state index contributed by atoms with van der Waals surface area (Å²) in [7, 11) is 0. The van der Waals surface area contributed by atoms with Crippen LogP contribution in [0.3, 0.4) is 0 Å². The molecule has 0 bridgehead atoms. The summed E-state index contributed by atoms with van der Waals surface area (Å²) in [6, 6.07) is 0. The van der Waals surface area contributed by atoms with E-state index in [2.05, 4.69) is 41.5 Å². The first kappa shape index (κ1) is 29.4. The molecular formula is C8H20Cl2Zr. The van der Waals surface area contributed by atoms with Gasteiger partial charge in [-0.05, 0) is 0 Å². The smallest absolute Gasteiger partial charge is 0.323 e. The molecule has 0 saturated carbocycles. The van der Waals surface area contributed by atoms with Gasteiger partial charge >= 0.3 is 26.2 Å². The van der Waals surface area contributed by atoms with E-state index in [9.17, 15) is 0 Å². The zero-order chi connectivity index (χ0) is 7.15. The Hall–Kier alpha value is 1.46. The van der Waals surface area contributed by atoms with Crippen LogP contribution < -0.4 is 0 Å². The van der Waals surface area contributed by atoms with Gasteiger partial charge in [-0.2, -0.15) is 41.5 Å². The van der Waals surface area contributed by atoms with Gasteiger partial charge in [0.05, 0.1) is 0 Å². The zero-order valence-electron chi connectivity index (χ0n) is 8.32. The van der Waals surface area contributed by atoms with Gasteiger partial charge in [-0.15, -0.1) is 24.8 Å². The molecule has 0 aromatic heterocycles. The molecule has 0 saturated heterocycles. The van der Waals surface area contributed by atoms with Crippen molar-refractivity contribution in [2.75, 3.05) is 0 Å². The van der Waals surface area contributed by atoms with Crippen molar-refractivity contribution in [1.82, 2.24) is 0 Å². The molecule has 0 aromatic carbocycles. The van der Waals surface area contributed by atoms with Gasteiger partial charge in [-0.25, -0.2) is 0 Å². The minimum absolute atomic E-state index is 0. The van der Waals surface area contributed by atoms with E-state index in [4.69, 9.17) is 0 Å². The summed E-state index contributed by atoms with van der Waals surface area (Å²) in [5.41, 5.74) is 0. The first-order chi connectivity index (χ1) is 3.46. The molecule has 0 radical (unpaired) electrons. The average Bonchev–Trinajstić information content (AvgIpc) is 1.25. The fourth-order valence-electron chi connectivity index (χ4n) is 0. The van der Waals surface area contributed by atoms with Crippen LogP contribution in [0.2, 0.25) is 0 Å². The molecule has 0 heterocycles. The Morgan fingerprint density at radius 3 is 0.545 bits per heavy atom. The molecule has 0 fully saturated rings. The van der Waals surface area contributed by atoms with Gasteiger partial charge in [0.1, 0.15) is 0 Å². The van der Waals surface area contributed by atoms with Gasteiger partial charge in [-0.1, -0.05) is 0 Å². The molecule has 0 atom stereocenters. The topological polar surface area (TPSA) is 0 Å². The van der Waals surface area contributed by atoms with Crippen LogP contribution >= 0.6 is 24.8 Å². The Kier molecular flexibility index (Phi) is 60.2. The third-order valence-electron chi connectivity index (χ3n) is 0. The third-order valence-corrected chi connectivity index (χ3v) is 0. The molecule has 0 aliphatic heterocycles. The summed E-state index contributed by atoms with van der Waals surface area (Å²) in [6.07, 6.45) is 0. The maximum Gasteiger partial charge on any atom is 2.00 e. The predicted octanol–water partition coefficient (Wildman–Crippen LogP) is 4.08. The maximum absolute atomic E-state index is 2.08. The summed E-state index contributed by atoms with van der Waals surface area (Å²) >= 11 is 0. The molecule has 0 N–H and O–H groups in total. The van der Waals surface area contributed by atoms with Crippen LogP contribution in [0.15, 0.2) is 0 Å². The minimum atomic E-state index is 0. The largest absolute Gasteiger partial charge is 2.00 e. The summed E-state index contributed by atoms with van der Waals surface area (Å²) in [5, 5.41) is 0. The Morgan fingerprint density at radius 2 is 0.545 bits per heavy atom. The van der Waals surface area contributed by atoms with Crippen molar-refractivity contribution in [1.29, 1.82) is 0 Å². The molecule has 70 valence electrons. The van der Waals surface area contributed by atoms with Gasteiger partial charge in [0.15, 0.2) is 0 Å². The Labute approximate surface area is 104 Å². The maximum atomic E-state index is 2.08. The third kappa shape index (κ3) is 480. The molecule has 0 aromatic rings. The van der Waals surface area contributed by atoms with Gasteiger partial charge in [0.2, 0.25) is 0 Å². The molecule has 11 heavy (non-hydrogen) atoms. The normalized spacial score (nSPS) is 6.55. The fourth-order valence-corrected chi connectivity index (χ4v) is 0. The standard InChI is InChI=1S/2C4H9.2ClH.Zr/c2*1-4(2)3;;;/h2*1-3H3;2*1H;/q2*-1;;;+2. The monoisotopic (exact) mass is 276 g/mol. The minimum Gasteiger partial charge on any atom is -0.323 e. The van der Waals surface area contributed by atoms with E-state index in [0.717, 1.165) is 0 Å². The van der Waals surface area contributed by atoms with Crippen LogP contribution in [0.25, 0.3) is 0 Å². The van der Waals surface area contributed by atoms with Crippen molar-refractivity contribution in [2.24, 2.45) is 0 Å². The van der Waals surface area contributed by atoms with Crippen LogP contribution in [0.4, 0.5) is 0 Å². The van der Waals surface area contributed by atoms with Crippen LogP contribution in [-0.4, -0.2) is 0 Å². The molecule has 0 nitrogen and oxygen atoms in total. The number of hydrogen-bond acceptors (Lipinski definition) is 0. The van der Waals surface area contributed by atoms with E-state index < -0.39 is 0 Å². The molecule has 0 amide bonds. The fraction of sp³-hybridized carbons (Fsp3) is 0.750. The molecule has 0 aliphatic carbocycles. The van der Waals surface area contributed by atoms with E-state index in [1.807, 2.05) is 0 Å². The van der Waals surface area contributed by atoms with Gasteiger partial charge < -0.3 is 11.8 Å². The molecule has 0 unspecified atom stereocenters. The molecule has 0 rings (SSSR count). The quantitative estimate of drug-likeness (QED) is 0.586. The van der Waals surface area contributed by atoms with E-state index in [1.165, 1.54) is 11.8 Å². The van der Waals surface area contributed by atoms with Crippen LogP contribution in [-0.2, 0) is 26.2 Å². The number of hydrogen-bond donors (Lipinski definition) is 0. The molecule has 0 spiro atoms. The second kappa shape index (κ2) is 22.5. The van der Waals surface area contributed by atoms with E-state index in [0.29, 0.717) is 0 Å². The number of halogens is 2. The SMILES string of the molecule is C[C-](C)C.C[C-](C)C.Cl.Cl.[Zr+2]. The van der Waals surface area contributed by atoms with E-state index in [1.54, 1.807) is 0 Å².